The number of hydrogen-bond acceptors (Lipinski definition) is 4. The van der Waals surface area contributed by atoms with Gasteiger partial charge < -0.3 is 10.2 Å². The molecule has 0 aromatic carbocycles. The third-order valence-corrected chi connectivity index (χ3v) is 3.71. The molecule has 0 spiro atoms. The van der Waals surface area contributed by atoms with Crippen molar-refractivity contribution in [2.24, 2.45) is 0 Å². The Labute approximate surface area is 127 Å². The first-order valence-electron chi connectivity index (χ1n) is 7.59. The number of piperazine rings is 1. The van der Waals surface area contributed by atoms with Crippen LogP contribution in [-0.4, -0.2) is 53.6 Å². The van der Waals surface area contributed by atoms with Crippen molar-refractivity contribution >= 4 is 11.7 Å². The summed E-state index contributed by atoms with van der Waals surface area (Å²) in [6.45, 7) is 11.6. The Morgan fingerprint density at radius 3 is 2.43 bits per heavy atom. The normalized spacial score (nSPS) is 18.4. The molecule has 21 heavy (non-hydrogen) atoms. The summed E-state index contributed by atoms with van der Waals surface area (Å²) in [6, 6.07) is 5.88. The van der Waals surface area contributed by atoms with Gasteiger partial charge in [-0.2, -0.15) is 0 Å². The molecule has 5 heteroatoms. The number of pyridine rings is 1. The van der Waals surface area contributed by atoms with E-state index in [9.17, 15) is 4.79 Å². The van der Waals surface area contributed by atoms with Gasteiger partial charge in [0.05, 0.1) is 6.04 Å². The Kier molecular flexibility index (Phi) is 4.83. The summed E-state index contributed by atoms with van der Waals surface area (Å²) in [7, 11) is 0. The fraction of sp³-hybridized carbons (Fsp3) is 0.625. The highest BCUT2D eigenvalue weighted by Crippen LogP contribution is 2.14. The van der Waals surface area contributed by atoms with Crippen LogP contribution in [0.25, 0.3) is 0 Å². The molecular weight excluding hydrogens is 264 g/mol. The average Bonchev–Trinajstić information content (AvgIpc) is 2.46. The second-order valence-corrected chi connectivity index (χ2v) is 6.63. The van der Waals surface area contributed by atoms with E-state index in [2.05, 4.69) is 20.1 Å². The van der Waals surface area contributed by atoms with Gasteiger partial charge in [0.2, 0.25) is 5.91 Å². The molecule has 2 rings (SSSR count). The fourth-order valence-corrected chi connectivity index (χ4v) is 2.52. The van der Waals surface area contributed by atoms with E-state index in [1.165, 1.54) is 0 Å². The monoisotopic (exact) mass is 290 g/mol. The highest BCUT2D eigenvalue weighted by molar-refractivity contribution is 5.82. The number of aromatic nitrogens is 1. The maximum absolute atomic E-state index is 12.2. The van der Waals surface area contributed by atoms with Crippen molar-refractivity contribution in [1.82, 2.24) is 15.2 Å². The van der Waals surface area contributed by atoms with Crippen LogP contribution >= 0.6 is 0 Å². The predicted octanol–water partition coefficient (Wildman–Crippen LogP) is 1.51. The van der Waals surface area contributed by atoms with Crippen LogP contribution in [0.1, 0.15) is 27.7 Å². The van der Waals surface area contributed by atoms with Crippen molar-refractivity contribution in [1.29, 1.82) is 0 Å². The highest BCUT2D eigenvalue weighted by atomic mass is 16.2. The third-order valence-electron chi connectivity index (χ3n) is 3.71. The molecule has 0 bridgehead atoms. The molecule has 1 fully saturated rings. The number of carbonyl (C=O) groups is 1. The van der Waals surface area contributed by atoms with Gasteiger partial charge in [-0.1, -0.05) is 6.07 Å². The van der Waals surface area contributed by atoms with Crippen LogP contribution in [0, 0.1) is 0 Å². The minimum Gasteiger partial charge on any atom is -0.354 e. The molecule has 116 valence electrons. The summed E-state index contributed by atoms with van der Waals surface area (Å²) in [5.74, 6) is 1.12. The lowest BCUT2D eigenvalue weighted by molar-refractivity contribution is -0.127. The molecule has 1 aromatic heterocycles. The smallest absolute Gasteiger partial charge is 0.237 e. The van der Waals surface area contributed by atoms with Crippen LogP contribution < -0.4 is 10.2 Å². The predicted molar refractivity (Wildman–Crippen MR) is 85.4 cm³/mol. The number of nitrogens with one attached hydrogen (secondary N) is 1. The van der Waals surface area contributed by atoms with Crippen molar-refractivity contribution in [3.05, 3.63) is 24.4 Å². The van der Waals surface area contributed by atoms with Crippen LogP contribution in [-0.2, 0) is 4.79 Å². The Balaban J connectivity index is 1.87. The van der Waals surface area contributed by atoms with Crippen LogP contribution in [0.2, 0.25) is 0 Å². The molecule has 1 N–H and O–H groups in total. The van der Waals surface area contributed by atoms with Crippen LogP contribution in [0.15, 0.2) is 24.4 Å². The summed E-state index contributed by atoms with van der Waals surface area (Å²) in [6.07, 6.45) is 1.82. The van der Waals surface area contributed by atoms with E-state index in [1.807, 2.05) is 52.1 Å². The van der Waals surface area contributed by atoms with Crippen molar-refractivity contribution in [3.8, 4) is 0 Å². The number of rotatable bonds is 3. The summed E-state index contributed by atoms with van der Waals surface area (Å²) >= 11 is 0. The molecular formula is C16H26N4O. The topological polar surface area (TPSA) is 48.5 Å². The summed E-state index contributed by atoms with van der Waals surface area (Å²) in [5.41, 5.74) is -0.179. The maximum atomic E-state index is 12.2. The Hall–Kier alpha value is -1.62. The van der Waals surface area contributed by atoms with Gasteiger partial charge >= 0.3 is 0 Å². The zero-order valence-electron chi connectivity index (χ0n) is 13.5. The van der Waals surface area contributed by atoms with Crippen molar-refractivity contribution < 1.29 is 4.79 Å². The minimum absolute atomic E-state index is 0.0879. The van der Waals surface area contributed by atoms with E-state index in [-0.39, 0.29) is 17.5 Å². The second-order valence-electron chi connectivity index (χ2n) is 6.63. The summed E-state index contributed by atoms with van der Waals surface area (Å²) in [5, 5.41) is 3.05. The summed E-state index contributed by atoms with van der Waals surface area (Å²) < 4.78 is 0. The molecule has 0 unspecified atom stereocenters. The van der Waals surface area contributed by atoms with Gasteiger partial charge in [-0.25, -0.2) is 4.98 Å². The lowest BCUT2D eigenvalue weighted by Crippen LogP contribution is -2.56. The molecule has 1 atom stereocenters. The number of carbonyl (C=O) groups excluding carboxylic acids is 1. The molecule has 0 radical (unpaired) electrons. The zero-order valence-corrected chi connectivity index (χ0v) is 13.5. The van der Waals surface area contributed by atoms with Gasteiger partial charge in [-0.3, -0.25) is 9.69 Å². The van der Waals surface area contributed by atoms with Crippen LogP contribution in [0.4, 0.5) is 5.82 Å². The second kappa shape index (κ2) is 6.43. The lowest BCUT2D eigenvalue weighted by Gasteiger charge is -2.38. The Morgan fingerprint density at radius 1 is 1.24 bits per heavy atom. The quantitative estimate of drug-likeness (QED) is 0.916. The standard InChI is InChI=1S/C16H26N4O/c1-13(15(21)18-16(2,3)4)19-9-11-20(12-10-19)14-7-5-6-8-17-14/h5-8,13H,9-12H2,1-4H3,(H,18,21)/t13-/m0/s1. The minimum atomic E-state index is -0.179. The fourth-order valence-electron chi connectivity index (χ4n) is 2.52. The van der Waals surface area contributed by atoms with Gasteiger partial charge in [0.25, 0.3) is 0 Å². The van der Waals surface area contributed by atoms with Crippen molar-refractivity contribution in [2.75, 3.05) is 31.1 Å². The molecule has 1 aliphatic rings. The number of nitrogens with zero attached hydrogens (tertiary/aromatic N) is 3. The number of amides is 1. The number of hydrogen-bond donors (Lipinski definition) is 1. The Morgan fingerprint density at radius 2 is 1.90 bits per heavy atom. The maximum Gasteiger partial charge on any atom is 0.237 e. The van der Waals surface area contributed by atoms with Crippen LogP contribution in [0.5, 0.6) is 0 Å². The molecule has 5 nitrogen and oxygen atoms in total. The van der Waals surface area contributed by atoms with E-state index in [0.717, 1.165) is 32.0 Å². The van der Waals surface area contributed by atoms with E-state index in [1.54, 1.807) is 0 Å². The molecule has 2 heterocycles. The van der Waals surface area contributed by atoms with Gasteiger partial charge in [0.15, 0.2) is 0 Å². The first-order chi connectivity index (χ1) is 9.87. The van der Waals surface area contributed by atoms with Gasteiger partial charge in [-0.05, 0) is 39.8 Å². The largest absolute Gasteiger partial charge is 0.354 e. The van der Waals surface area contributed by atoms with E-state index < -0.39 is 0 Å². The molecule has 0 aliphatic carbocycles. The van der Waals surface area contributed by atoms with E-state index in [0.29, 0.717) is 0 Å². The third kappa shape index (κ3) is 4.43. The molecule has 1 aliphatic heterocycles. The lowest BCUT2D eigenvalue weighted by atomic mass is 10.1. The first kappa shape index (κ1) is 15.8. The van der Waals surface area contributed by atoms with E-state index >= 15 is 0 Å². The average molecular weight is 290 g/mol. The SMILES string of the molecule is C[C@@H](C(=O)NC(C)(C)C)N1CCN(c2ccccn2)CC1. The van der Waals surface area contributed by atoms with Gasteiger partial charge in [0, 0.05) is 37.9 Å². The molecule has 1 saturated heterocycles. The molecule has 1 amide bonds. The van der Waals surface area contributed by atoms with Gasteiger partial charge in [0.1, 0.15) is 5.82 Å². The molecule has 1 aromatic rings. The van der Waals surface area contributed by atoms with Crippen molar-refractivity contribution in [3.63, 3.8) is 0 Å². The number of anilines is 1. The molecule has 0 saturated carbocycles. The Bertz CT molecular complexity index is 461. The zero-order chi connectivity index (χ0) is 15.5. The summed E-state index contributed by atoms with van der Waals surface area (Å²) in [4.78, 5) is 21.1. The van der Waals surface area contributed by atoms with Gasteiger partial charge in [-0.15, -0.1) is 0 Å². The first-order valence-corrected chi connectivity index (χ1v) is 7.59. The highest BCUT2D eigenvalue weighted by Gasteiger charge is 2.27. The van der Waals surface area contributed by atoms with Crippen molar-refractivity contribution in [2.45, 2.75) is 39.3 Å². The van der Waals surface area contributed by atoms with Crippen LogP contribution in [0.3, 0.4) is 0 Å². The van der Waals surface area contributed by atoms with E-state index in [4.69, 9.17) is 0 Å².